The molecular formula is C19H22O. The highest BCUT2D eigenvalue weighted by Gasteiger charge is 2.17. The molecule has 0 aliphatic rings. The summed E-state index contributed by atoms with van der Waals surface area (Å²) in [5, 5.41) is 10.4. The fourth-order valence-electron chi connectivity index (χ4n) is 2.17. The molecule has 20 heavy (non-hydrogen) atoms. The van der Waals surface area contributed by atoms with E-state index in [1.54, 1.807) is 0 Å². The zero-order valence-electron chi connectivity index (χ0n) is 12.0. The SMILES string of the molecule is CC(O)(C/C=C/c1ccccc1)CCc1ccccc1. The molecule has 1 unspecified atom stereocenters. The van der Waals surface area contributed by atoms with Crippen LogP contribution < -0.4 is 0 Å². The second-order valence-corrected chi connectivity index (χ2v) is 5.50. The van der Waals surface area contributed by atoms with E-state index in [1.807, 2.05) is 43.3 Å². The number of benzene rings is 2. The van der Waals surface area contributed by atoms with Gasteiger partial charge in [-0.15, -0.1) is 0 Å². The quantitative estimate of drug-likeness (QED) is 0.817. The maximum atomic E-state index is 10.4. The topological polar surface area (TPSA) is 20.2 Å². The van der Waals surface area contributed by atoms with Crippen molar-refractivity contribution in [2.75, 3.05) is 0 Å². The molecule has 0 aromatic heterocycles. The molecule has 0 radical (unpaired) electrons. The van der Waals surface area contributed by atoms with Gasteiger partial charge >= 0.3 is 0 Å². The van der Waals surface area contributed by atoms with E-state index in [9.17, 15) is 5.11 Å². The Balaban J connectivity index is 1.83. The van der Waals surface area contributed by atoms with Gasteiger partial charge in [-0.1, -0.05) is 72.8 Å². The highest BCUT2D eigenvalue weighted by atomic mass is 16.3. The average molecular weight is 266 g/mol. The van der Waals surface area contributed by atoms with Crippen LogP contribution in [0.25, 0.3) is 6.08 Å². The summed E-state index contributed by atoms with van der Waals surface area (Å²) >= 11 is 0. The van der Waals surface area contributed by atoms with Crippen LogP contribution in [-0.4, -0.2) is 10.7 Å². The van der Waals surface area contributed by atoms with Gasteiger partial charge in [0, 0.05) is 0 Å². The molecule has 1 nitrogen and oxygen atoms in total. The van der Waals surface area contributed by atoms with E-state index in [1.165, 1.54) is 11.1 Å². The molecule has 0 aliphatic heterocycles. The summed E-state index contributed by atoms with van der Waals surface area (Å²) in [6.45, 7) is 1.91. The number of hydrogen-bond acceptors (Lipinski definition) is 1. The number of rotatable bonds is 6. The zero-order chi connectivity index (χ0) is 14.3. The first-order chi connectivity index (χ1) is 9.66. The van der Waals surface area contributed by atoms with Crippen LogP contribution in [0.5, 0.6) is 0 Å². The third kappa shape index (κ3) is 5.02. The molecule has 0 heterocycles. The minimum absolute atomic E-state index is 0.652. The molecular weight excluding hydrogens is 244 g/mol. The van der Waals surface area contributed by atoms with Gasteiger partial charge in [-0.2, -0.15) is 0 Å². The van der Waals surface area contributed by atoms with Gasteiger partial charge in [0.25, 0.3) is 0 Å². The van der Waals surface area contributed by atoms with E-state index in [-0.39, 0.29) is 0 Å². The van der Waals surface area contributed by atoms with Crippen LogP contribution in [0.1, 0.15) is 30.9 Å². The van der Waals surface area contributed by atoms with Crippen molar-refractivity contribution in [3.63, 3.8) is 0 Å². The van der Waals surface area contributed by atoms with Gasteiger partial charge in [-0.05, 0) is 37.3 Å². The lowest BCUT2D eigenvalue weighted by molar-refractivity contribution is 0.0545. The summed E-state index contributed by atoms with van der Waals surface area (Å²) in [6, 6.07) is 20.5. The lowest BCUT2D eigenvalue weighted by atomic mass is 9.93. The predicted octanol–water partition coefficient (Wildman–Crippen LogP) is 4.47. The third-order valence-corrected chi connectivity index (χ3v) is 3.46. The lowest BCUT2D eigenvalue weighted by Gasteiger charge is -2.21. The monoisotopic (exact) mass is 266 g/mol. The summed E-state index contributed by atoms with van der Waals surface area (Å²) in [6.07, 6.45) is 6.48. The molecule has 0 fully saturated rings. The fourth-order valence-corrected chi connectivity index (χ4v) is 2.17. The molecule has 2 aromatic carbocycles. The van der Waals surface area contributed by atoms with E-state index in [0.717, 1.165) is 12.8 Å². The Morgan fingerprint density at radius 1 is 0.950 bits per heavy atom. The molecule has 0 saturated heterocycles. The van der Waals surface area contributed by atoms with Crippen molar-refractivity contribution in [2.24, 2.45) is 0 Å². The number of hydrogen-bond donors (Lipinski definition) is 1. The Kier molecular flexibility index (Phi) is 5.14. The predicted molar refractivity (Wildman–Crippen MR) is 85.5 cm³/mol. The van der Waals surface area contributed by atoms with Crippen LogP contribution in [0.2, 0.25) is 0 Å². The summed E-state index contributed by atoms with van der Waals surface area (Å²) < 4.78 is 0. The Hall–Kier alpha value is -1.86. The van der Waals surface area contributed by atoms with Crippen molar-refractivity contribution in [2.45, 2.75) is 31.8 Å². The summed E-state index contributed by atoms with van der Waals surface area (Å²) in [7, 11) is 0. The Bertz CT molecular complexity index is 526. The van der Waals surface area contributed by atoms with Gasteiger partial charge in [-0.25, -0.2) is 0 Å². The van der Waals surface area contributed by atoms with Crippen LogP contribution >= 0.6 is 0 Å². The number of aliphatic hydroxyl groups is 1. The molecule has 0 spiro atoms. The van der Waals surface area contributed by atoms with Gasteiger partial charge in [0.15, 0.2) is 0 Å². The minimum Gasteiger partial charge on any atom is -0.390 e. The molecule has 0 saturated carbocycles. The normalized spacial score (nSPS) is 14.3. The molecule has 1 atom stereocenters. The smallest absolute Gasteiger partial charge is 0.0657 e. The first kappa shape index (κ1) is 14.5. The van der Waals surface area contributed by atoms with Gasteiger partial charge in [0.2, 0.25) is 0 Å². The van der Waals surface area contributed by atoms with Crippen LogP contribution in [-0.2, 0) is 6.42 Å². The Morgan fingerprint density at radius 3 is 2.20 bits per heavy atom. The van der Waals surface area contributed by atoms with Crippen LogP contribution in [0.4, 0.5) is 0 Å². The zero-order valence-corrected chi connectivity index (χ0v) is 12.0. The van der Waals surface area contributed by atoms with Crippen LogP contribution in [0, 0.1) is 0 Å². The van der Waals surface area contributed by atoms with Crippen molar-refractivity contribution in [3.8, 4) is 0 Å². The highest BCUT2D eigenvalue weighted by molar-refractivity contribution is 5.48. The molecule has 2 rings (SSSR count). The number of aryl methyl sites for hydroxylation is 1. The van der Waals surface area contributed by atoms with Gasteiger partial charge in [0.05, 0.1) is 5.60 Å². The first-order valence-electron chi connectivity index (χ1n) is 7.14. The van der Waals surface area contributed by atoms with Crippen molar-refractivity contribution < 1.29 is 5.11 Å². The maximum absolute atomic E-state index is 10.4. The van der Waals surface area contributed by atoms with Crippen molar-refractivity contribution in [3.05, 3.63) is 77.9 Å². The second-order valence-electron chi connectivity index (χ2n) is 5.50. The molecule has 104 valence electrons. The molecule has 1 heteroatoms. The Labute approximate surface area is 121 Å². The van der Waals surface area contributed by atoms with E-state index < -0.39 is 5.60 Å². The molecule has 2 aromatic rings. The first-order valence-corrected chi connectivity index (χ1v) is 7.14. The van der Waals surface area contributed by atoms with E-state index in [0.29, 0.717) is 6.42 Å². The van der Waals surface area contributed by atoms with Crippen LogP contribution in [0.3, 0.4) is 0 Å². The minimum atomic E-state index is -0.652. The van der Waals surface area contributed by atoms with Gasteiger partial charge < -0.3 is 5.11 Å². The highest BCUT2D eigenvalue weighted by Crippen LogP contribution is 2.19. The molecule has 1 N–H and O–H groups in total. The third-order valence-electron chi connectivity index (χ3n) is 3.46. The summed E-state index contributed by atoms with van der Waals surface area (Å²) in [5.74, 6) is 0. The molecule has 0 bridgehead atoms. The van der Waals surface area contributed by atoms with E-state index in [2.05, 4.69) is 36.4 Å². The van der Waals surface area contributed by atoms with E-state index in [4.69, 9.17) is 0 Å². The van der Waals surface area contributed by atoms with Crippen molar-refractivity contribution in [1.82, 2.24) is 0 Å². The van der Waals surface area contributed by atoms with E-state index >= 15 is 0 Å². The second kappa shape index (κ2) is 7.06. The van der Waals surface area contributed by atoms with Crippen molar-refractivity contribution >= 4 is 6.08 Å². The largest absolute Gasteiger partial charge is 0.390 e. The average Bonchev–Trinajstić information content (AvgIpc) is 2.47. The van der Waals surface area contributed by atoms with Crippen molar-refractivity contribution in [1.29, 1.82) is 0 Å². The molecule has 0 amide bonds. The standard InChI is InChI=1S/C19H22O/c1-19(20,16-14-18-11-6-3-7-12-18)15-8-13-17-9-4-2-5-10-17/h2-13,20H,14-16H2,1H3/b13-8+. The van der Waals surface area contributed by atoms with Gasteiger partial charge in [0.1, 0.15) is 0 Å². The fraction of sp³-hybridized carbons (Fsp3) is 0.263. The lowest BCUT2D eigenvalue weighted by Crippen LogP contribution is -2.23. The maximum Gasteiger partial charge on any atom is 0.0657 e. The van der Waals surface area contributed by atoms with Crippen LogP contribution in [0.15, 0.2) is 66.7 Å². The Morgan fingerprint density at radius 2 is 1.55 bits per heavy atom. The summed E-state index contributed by atoms with van der Waals surface area (Å²) in [4.78, 5) is 0. The molecule has 0 aliphatic carbocycles. The van der Waals surface area contributed by atoms with Gasteiger partial charge in [-0.3, -0.25) is 0 Å². The summed E-state index contributed by atoms with van der Waals surface area (Å²) in [5.41, 5.74) is 1.80.